The van der Waals surface area contributed by atoms with Crippen molar-refractivity contribution in [3.8, 4) is 0 Å². The van der Waals surface area contributed by atoms with Crippen LogP contribution in [0.15, 0.2) is 17.0 Å². The number of nitrogens with zero attached hydrogens (tertiary/aromatic N) is 1. The number of rotatable bonds is 5. The third-order valence-corrected chi connectivity index (χ3v) is 5.58. The van der Waals surface area contributed by atoms with Crippen molar-refractivity contribution >= 4 is 38.9 Å². The number of hydrogen-bond acceptors (Lipinski definition) is 4. The lowest BCUT2D eigenvalue weighted by molar-refractivity contribution is 0.250. The third-order valence-electron chi connectivity index (χ3n) is 2.88. The summed E-state index contributed by atoms with van der Waals surface area (Å²) in [5.41, 5.74) is 5.74. The van der Waals surface area contributed by atoms with Crippen molar-refractivity contribution in [2.45, 2.75) is 23.8 Å². The molecule has 3 N–H and O–H groups in total. The number of halogens is 2. The number of aliphatic hydroxyl groups excluding tert-OH is 1. The Hall–Kier alpha value is -0.530. The van der Waals surface area contributed by atoms with Crippen molar-refractivity contribution in [2.24, 2.45) is 0 Å². The van der Waals surface area contributed by atoms with Crippen LogP contribution in [-0.4, -0.2) is 37.0 Å². The predicted molar refractivity (Wildman–Crippen MR) is 74.9 cm³/mol. The van der Waals surface area contributed by atoms with Crippen LogP contribution in [0.1, 0.15) is 12.8 Å². The molecule has 106 valence electrons. The van der Waals surface area contributed by atoms with Crippen molar-refractivity contribution in [3.63, 3.8) is 0 Å². The van der Waals surface area contributed by atoms with Crippen LogP contribution in [0.3, 0.4) is 0 Å². The summed E-state index contributed by atoms with van der Waals surface area (Å²) in [4.78, 5) is -0.140. The van der Waals surface area contributed by atoms with Gasteiger partial charge in [-0.1, -0.05) is 23.2 Å². The van der Waals surface area contributed by atoms with Crippen LogP contribution in [0, 0.1) is 0 Å². The highest BCUT2D eigenvalue weighted by Gasteiger charge is 2.39. The van der Waals surface area contributed by atoms with Crippen molar-refractivity contribution in [1.29, 1.82) is 0 Å². The van der Waals surface area contributed by atoms with Crippen LogP contribution < -0.4 is 5.73 Å². The molecule has 8 heteroatoms. The molecule has 0 saturated heterocycles. The average Bonchev–Trinajstić information content (AvgIpc) is 3.07. The third kappa shape index (κ3) is 2.98. The van der Waals surface area contributed by atoms with Gasteiger partial charge in [-0.2, -0.15) is 4.31 Å². The van der Waals surface area contributed by atoms with Crippen LogP contribution in [0.2, 0.25) is 10.0 Å². The highest BCUT2D eigenvalue weighted by Crippen LogP contribution is 2.37. The average molecular weight is 325 g/mol. The highest BCUT2D eigenvalue weighted by molar-refractivity contribution is 7.89. The van der Waals surface area contributed by atoms with E-state index in [0.717, 1.165) is 12.8 Å². The number of nitrogens with two attached hydrogens (primary N) is 1. The van der Waals surface area contributed by atoms with Crippen LogP contribution in [0.4, 0.5) is 5.69 Å². The Labute approximate surface area is 122 Å². The number of benzene rings is 1. The van der Waals surface area contributed by atoms with Crippen molar-refractivity contribution in [2.75, 3.05) is 18.9 Å². The van der Waals surface area contributed by atoms with Gasteiger partial charge in [-0.15, -0.1) is 0 Å². The molecule has 19 heavy (non-hydrogen) atoms. The molecule has 1 aromatic carbocycles. The van der Waals surface area contributed by atoms with Crippen molar-refractivity contribution < 1.29 is 13.5 Å². The lowest BCUT2D eigenvalue weighted by Gasteiger charge is -2.22. The Morgan fingerprint density at radius 2 is 2.00 bits per heavy atom. The smallest absolute Gasteiger partial charge is 0.246 e. The number of hydrogen-bond donors (Lipinski definition) is 2. The maximum absolute atomic E-state index is 12.6. The Bertz CT molecular complexity index is 565. The van der Waals surface area contributed by atoms with E-state index < -0.39 is 10.0 Å². The molecule has 0 heterocycles. The van der Waals surface area contributed by atoms with Crippen LogP contribution in [0.5, 0.6) is 0 Å². The van der Waals surface area contributed by atoms with Gasteiger partial charge in [-0.25, -0.2) is 8.42 Å². The SMILES string of the molecule is Nc1cc(Cl)cc(Cl)c1S(=O)(=O)N(CCO)C1CC1. The second kappa shape index (κ2) is 5.46. The fourth-order valence-electron chi connectivity index (χ4n) is 1.93. The standard InChI is InChI=1S/C11H14Cl2N2O3S/c12-7-5-9(13)11(10(14)6-7)19(17,18)15(3-4-16)8-1-2-8/h5-6,8,16H,1-4,14H2. The molecule has 0 radical (unpaired) electrons. The lowest BCUT2D eigenvalue weighted by atomic mass is 10.3. The molecule has 5 nitrogen and oxygen atoms in total. The number of aliphatic hydroxyl groups is 1. The molecule has 1 saturated carbocycles. The predicted octanol–water partition coefficient (Wildman–Crippen LogP) is 1.72. The minimum atomic E-state index is -3.82. The Morgan fingerprint density at radius 1 is 1.37 bits per heavy atom. The second-order valence-corrected chi connectivity index (χ2v) is 7.05. The fraction of sp³-hybridized carbons (Fsp3) is 0.455. The largest absolute Gasteiger partial charge is 0.398 e. The number of sulfonamides is 1. The van der Waals surface area contributed by atoms with Gasteiger partial charge in [0.1, 0.15) is 4.90 Å². The van der Waals surface area contributed by atoms with E-state index in [-0.39, 0.29) is 39.8 Å². The van der Waals surface area contributed by atoms with Gasteiger partial charge in [-0.05, 0) is 25.0 Å². The van der Waals surface area contributed by atoms with Gasteiger partial charge in [-0.3, -0.25) is 0 Å². The summed E-state index contributed by atoms with van der Waals surface area (Å²) < 4.78 is 26.4. The summed E-state index contributed by atoms with van der Waals surface area (Å²) in [6, 6.07) is 2.61. The molecule has 0 unspecified atom stereocenters. The van der Waals surface area contributed by atoms with Crippen LogP contribution in [0.25, 0.3) is 0 Å². The molecular weight excluding hydrogens is 311 g/mol. The molecule has 0 amide bonds. The quantitative estimate of drug-likeness (QED) is 0.808. The number of nitrogen functional groups attached to an aromatic ring is 1. The zero-order valence-electron chi connectivity index (χ0n) is 10.0. The van der Waals surface area contributed by atoms with E-state index in [1.165, 1.54) is 16.4 Å². The van der Waals surface area contributed by atoms with E-state index in [0.29, 0.717) is 0 Å². The first-order chi connectivity index (χ1) is 8.87. The Kier molecular flexibility index (Phi) is 4.27. The summed E-state index contributed by atoms with van der Waals surface area (Å²) in [5.74, 6) is 0. The van der Waals surface area contributed by atoms with E-state index in [4.69, 9.17) is 34.0 Å². The van der Waals surface area contributed by atoms with Gasteiger partial charge in [0.2, 0.25) is 10.0 Å². The minimum Gasteiger partial charge on any atom is -0.398 e. The first-order valence-electron chi connectivity index (χ1n) is 5.75. The van der Waals surface area contributed by atoms with Gasteiger partial charge in [0.15, 0.2) is 0 Å². The molecule has 0 bridgehead atoms. The molecule has 0 atom stereocenters. The lowest BCUT2D eigenvalue weighted by Crippen LogP contribution is -2.36. The summed E-state index contributed by atoms with van der Waals surface area (Å²) >= 11 is 11.7. The summed E-state index contributed by atoms with van der Waals surface area (Å²) in [5, 5.41) is 9.29. The fourth-order valence-corrected chi connectivity index (χ4v) is 4.55. The van der Waals surface area contributed by atoms with Crippen molar-refractivity contribution in [1.82, 2.24) is 4.31 Å². The Balaban J connectivity index is 2.49. The van der Waals surface area contributed by atoms with Gasteiger partial charge in [0.25, 0.3) is 0 Å². The molecule has 1 aliphatic rings. The normalized spacial score (nSPS) is 16.0. The van der Waals surface area contributed by atoms with Crippen LogP contribution >= 0.6 is 23.2 Å². The molecular formula is C11H14Cl2N2O3S. The first-order valence-corrected chi connectivity index (χ1v) is 7.94. The molecule has 1 aromatic rings. The summed E-state index contributed by atoms with van der Waals surface area (Å²) in [6.07, 6.45) is 1.56. The molecule has 0 spiro atoms. The molecule has 1 fully saturated rings. The zero-order valence-corrected chi connectivity index (χ0v) is 12.3. The van der Waals surface area contributed by atoms with Crippen molar-refractivity contribution in [3.05, 3.63) is 22.2 Å². The zero-order chi connectivity index (χ0) is 14.2. The van der Waals surface area contributed by atoms with Gasteiger partial charge in [0.05, 0.1) is 17.3 Å². The van der Waals surface area contributed by atoms with E-state index >= 15 is 0 Å². The topological polar surface area (TPSA) is 83.6 Å². The van der Waals surface area contributed by atoms with E-state index in [2.05, 4.69) is 0 Å². The first kappa shape index (κ1) is 14.9. The van der Waals surface area contributed by atoms with Crippen LogP contribution in [-0.2, 0) is 10.0 Å². The van der Waals surface area contributed by atoms with Gasteiger partial charge < -0.3 is 10.8 Å². The molecule has 0 aliphatic heterocycles. The molecule has 2 rings (SSSR count). The highest BCUT2D eigenvalue weighted by atomic mass is 35.5. The van der Waals surface area contributed by atoms with E-state index in [9.17, 15) is 8.42 Å². The second-order valence-electron chi connectivity index (χ2n) is 4.38. The monoisotopic (exact) mass is 324 g/mol. The van der Waals surface area contributed by atoms with E-state index in [1.54, 1.807) is 0 Å². The molecule has 0 aromatic heterocycles. The maximum atomic E-state index is 12.6. The Morgan fingerprint density at radius 3 is 2.47 bits per heavy atom. The summed E-state index contributed by atoms with van der Waals surface area (Å²) in [6.45, 7) is -0.216. The number of anilines is 1. The van der Waals surface area contributed by atoms with Gasteiger partial charge in [0, 0.05) is 17.6 Å². The summed E-state index contributed by atoms with van der Waals surface area (Å²) in [7, 11) is -3.82. The minimum absolute atomic E-state index is 0.00594. The maximum Gasteiger partial charge on any atom is 0.246 e. The van der Waals surface area contributed by atoms with E-state index in [1.807, 2.05) is 0 Å². The van der Waals surface area contributed by atoms with Gasteiger partial charge >= 0.3 is 0 Å². The molecule has 1 aliphatic carbocycles.